The Kier molecular flexibility index (Phi) is 3.82. The maximum Gasteiger partial charge on any atom is 0.276 e. The van der Waals surface area contributed by atoms with E-state index in [1.165, 1.54) is 12.3 Å². The summed E-state index contributed by atoms with van der Waals surface area (Å²) in [5.74, 6) is -1.43. The zero-order valence-corrected chi connectivity index (χ0v) is 14.8. The third-order valence-corrected chi connectivity index (χ3v) is 6.17. The second-order valence-electron chi connectivity index (χ2n) is 7.82. The smallest absolute Gasteiger partial charge is 0.276 e. The molecule has 1 spiro atoms. The third-order valence-electron chi connectivity index (χ3n) is 6.17. The average Bonchev–Trinajstić information content (AvgIpc) is 3.34. The number of benzene rings is 1. The van der Waals surface area contributed by atoms with E-state index in [2.05, 4.69) is 4.98 Å². The first-order valence-electron chi connectivity index (χ1n) is 9.38. The van der Waals surface area contributed by atoms with E-state index in [0.29, 0.717) is 12.5 Å². The van der Waals surface area contributed by atoms with Gasteiger partial charge in [-0.1, -0.05) is 6.07 Å². The van der Waals surface area contributed by atoms with E-state index in [4.69, 9.17) is 9.15 Å². The minimum Gasteiger partial charge on any atom is -0.443 e. The summed E-state index contributed by atoms with van der Waals surface area (Å²) in [6.45, 7) is 2.17. The molecule has 2 aliphatic heterocycles. The molecule has 1 unspecified atom stereocenters. The van der Waals surface area contributed by atoms with Gasteiger partial charge in [0.15, 0.2) is 5.69 Å². The van der Waals surface area contributed by atoms with Gasteiger partial charge in [-0.25, -0.2) is 13.8 Å². The van der Waals surface area contributed by atoms with Crippen molar-refractivity contribution in [3.05, 3.63) is 41.8 Å². The molecular formula is C20H20F2N2O3. The number of rotatable bonds is 3. The van der Waals surface area contributed by atoms with E-state index >= 15 is 0 Å². The number of ether oxygens (including phenoxy) is 1. The minimum atomic E-state index is -0.767. The highest BCUT2D eigenvalue weighted by Crippen LogP contribution is 2.55. The van der Waals surface area contributed by atoms with Gasteiger partial charge in [0.05, 0.1) is 0 Å². The summed E-state index contributed by atoms with van der Waals surface area (Å²) in [4.78, 5) is 18.9. The number of hydrogen-bond donors (Lipinski definition) is 0. The van der Waals surface area contributed by atoms with E-state index in [9.17, 15) is 13.6 Å². The zero-order valence-electron chi connectivity index (χ0n) is 14.8. The number of oxazole rings is 1. The van der Waals surface area contributed by atoms with Gasteiger partial charge >= 0.3 is 0 Å². The molecule has 1 atom stereocenters. The molecule has 27 heavy (non-hydrogen) atoms. The van der Waals surface area contributed by atoms with Crippen LogP contribution in [0.15, 0.2) is 28.9 Å². The van der Waals surface area contributed by atoms with E-state index in [-0.39, 0.29) is 34.5 Å². The number of nitrogens with zero attached hydrogens (tertiary/aromatic N) is 2. The Hall–Kier alpha value is -2.28. The normalized spacial score (nSPS) is 24.1. The summed E-state index contributed by atoms with van der Waals surface area (Å²) in [5, 5.41) is 0. The summed E-state index contributed by atoms with van der Waals surface area (Å²) in [7, 11) is 0. The Labute approximate surface area is 155 Å². The SMILES string of the molecule is O=C(c1coc(-c2c(F)cccc2F)n1)N1CC2(CCOCC2)C1C1CC1. The topological polar surface area (TPSA) is 55.6 Å². The molecule has 7 heteroatoms. The van der Waals surface area contributed by atoms with Gasteiger partial charge in [-0.15, -0.1) is 0 Å². The van der Waals surface area contributed by atoms with Crippen molar-refractivity contribution in [3.63, 3.8) is 0 Å². The van der Waals surface area contributed by atoms with Gasteiger partial charge < -0.3 is 14.1 Å². The summed E-state index contributed by atoms with van der Waals surface area (Å²) in [5.41, 5.74) is -0.0979. The van der Waals surface area contributed by atoms with E-state index in [1.807, 2.05) is 4.90 Å². The molecule has 5 rings (SSSR count). The van der Waals surface area contributed by atoms with Gasteiger partial charge in [-0.3, -0.25) is 4.79 Å². The van der Waals surface area contributed by atoms with Crippen molar-refractivity contribution in [2.45, 2.75) is 31.7 Å². The first-order valence-corrected chi connectivity index (χ1v) is 9.38. The van der Waals surface area contributed by atoms with Crippen LogP contribution in [0.3, 0.4) is 0 Å². The quantitative estimate of drug-likeness (QED) is 0.823. The van der Waals surface area contributed by atoms with Gasteiger partial charge in [0, 0.05) is 31.2 Å². The maximum atomic E-state index is 14.0. The summed E-state index contributed by atoms with van der Waals surface area (Å²) in [6, 6.07) is 3.76. The monoisotopic (exact) mass is 374 g/mol. The number of halogens is 2. The van der Waals surface area contributed by atoms with Crippen molar-refractivity contribution in [1.82, 2.24) is 9.88 Å². The third kappa shape index (κ3) is 2.67. The predicted molar refractivity (Wildman–Crippen MR) is 91.9 cm³/mol. The van der Waals surface area contributed by atoms with Gasteiger partial charge in [0.2, 0.25) is 5.89 Å². The molecule has 1 aromatic carbocycles. The Morgan fingerprint density at radius 3 is 2.56 bits per heavy atom. The molecule has 3 heterocycles. The molecule has 2 saturated heterocycles. The molecule has 0 bridgehead atoms. The van der Waals surface area contributed by atoms with Crippen LogP contribution in [0, 0.1) is 23.0 Å². The fourth-order valence-electron chi connectivity index (χ4n) is 4.68. The van der Waals surface area contributed by atoms with Gasteiger partial charge in [0.25, 0.3) is 5.91 Å². The van der Waals surface area contributed by atoms with E-state index in [1.54, 1.807) is 0 Å². The van der Waals surface area contributed by atoms with Gasteiger partial charge in [0.1, 0.15) is 23.5 Å². The zero-order chi connectivity index (χ0) is 18.6. The van der Waals surface area contributed by atoms with Crippen molar-refractivity contribution < 1.29 is 22.7 Å². The predicted octanol–water partition coefficient (Wildman–Crippen LogP) is 3.65. The van der Waals surface area contributed by atoms with Crippen LogP contribution in [-0.2, 0) is 4.74 Å². The first kappa shape index (κ1) is 16.9. The van der Waals surface area contributed by atoms with Crippen molar-refractivity contribution >= 4 is 5.91 Å². The highest BCUT2D eigenvalue weighted by Gasteiger charge is 2.59. The molecule has 1 saturated carbocycles. The van der Waals surface area contributed by atoms with Crippen LogP contribution in [0.5, 0.6) is 0 Å². The number of aromatic nitrogens is 1. The number of carbonyl (C=O) groups excluding carboxylic acids is 1. The first-order chi connectivity index (χ1) is 13.1. The van der Waals surface area contributed by atoms with Gasteiger partial charge in [-0.05, 0) is 43.7 Å². The second-order valence-corrected chi connectivity index (χ2v) is 7.82. The second kappa shape index (κ2) is 6.12. The summed E-state index contributed by atoms with van der Waals surface area (Å²) >= 11 is 0. The van der Waals surface area contributed by atoms with Crippen molar-refractivity contribution in [2.75, 3.05) is 19.8 Å². The Morgan fingerprint density at radius 2 is 1.89 bits per heavy atom. The van der Waals surface area contributed by atoms with Crippen molar-refractivity contribution in [1.29, 1.82) is 0 Å². The minimum absolute atomic E-state index is 0.0974. The lowest BCUT2D eigenvalue weighted by atomic mass is 9.64. The fourth-order valence-corrected chi connectivity index (χ4v) is 4.68. The van der Waals surface area contributed by atoms with Crippen molar-refractivity contribution in [3.8, 4) is 11.5 Å². The molecule has 1 aromatic heterocycles. The number of amides is 1. The molecule has 1 amide bonds. The lowest BCUT2D eigenvalue weighted by molar-refractivity contribution is -0.120. The fraction of sp³-hybridized carbons (Fsp3) is 0.500. The Bertz CT molecular complexity index is 867. The van der Waals surface area contributed by atoms with Crippen LogP contribution in [0.25, 0.3) is 11.5 Å². The molecule has 0 N–H and O–H groups in total. The lowest BCUT2D eigenvalue weighted by Gasteiger charge is -2.59. The summed E-state index contributed by atoms with van der Waals surface area (Å²) in [6.07, 6.45) is 5.43. The molecule has 3 fully saturated rings. The molecule has 1 aliphatic carbocycles. The average molecular weight is 374 g/mol. The van der Waals surface area contributed by atoms with Crippen LogP contribution in [0.2, 0.25) is 0 Å². The van der Waals surface area contributed by atoms with Crippen LogP contribution >= 0.6 is 0 Å². The number of likely N-dealkylation sites (tertiary alicyclic amines) is 1. The molecule has 3 aliphatic rings. The number of hydrogen-bond acceptors (Lipinski definition) is 4. The lowest BCUT2D eigenvalue weighted by Crippen LogP contribution is -2.68. The highest BCUT2D eigenvalue weighted by molar-refractivity contribution is 5.93. The maximum absolute atomic E-state index is 14.0. The van der Waals surface area contributed by atoms with E-state index in [0.717, 1.165) is 51.0 Å². The van der Waals surface area contributed by atoms with Crippen LogP contribution in [-0.4, -0.2) is 41.6 Å². The molecule has 5 nitrogen and oxygen atoms in total. The van der Waals surface area contributed by atoms with Crippen LogP contribution in [0.1, 0.15) is 36.2 Å². The highest BCUT2D eigenvalue weighted by atomic mass is 19.1. The van der Waals surface area contributed by atoms with E-state index < -0.39 is 11.6 Å². The van der Waals surface area contributed by atoms with Gasteiger partial charge in [-0.2, -0.15) is 0 Å². The van der Waals surface area contributed by atoms with Crippen LogP contribution < -0.4 is 0 Å². The largest absolute Gasteiger partial charge is 0.443 e. The standard InChI is InChI=1S/C20H20F2N2O3/c21-13-2-1-3-14(22)16(13)18-23-15(10-27-18)19(25)24-11-20(6-8-26-9-7-20)17(24)12-4-5-12/h1-3,10,12,17H,4-9,11H2. The molecule has 2 aromatic rings. The molecule has 142 valence electrons. The Balaban J connectivity index is 1.40. The summed E-state index contributed by atoms with van der Waals surface area (Å²) < 4.78 is 38.6. The van der Waals surface area contributed by atoms with Crippen molar-refractivity contribution in [2.24, 2.45) is 11.3 Å². The molecular weight excluding hydrogens is 354 g/mol. The molecule has 0 radical (unpaired) electrons. The number of carbonyl (C=O) groups is 1. The van der Waals surface area contributed by atoms with Crippen LogP contribution in [0.4, 0.5) is 8.78 Å². The Morgan fingerprint density at radius 1 is 1.19 bits per heavy atom.